The Kier molecular flexibility index (Phi) is 4.85. The molecule has 0 saturated carbocycles. The SMILES string of the molecule is CN(Cc1nc2ccccc2s1)C(=O)Cc1c(Cl)cccc1Cl. The fourth-order valence-electron chi connectivity index (χ4n) is 2.27. The topological polar surface area (TPSA) is 33.2 Å². The van der Waals surface area contributed by atoms with E-state index in [4.69, 9.17) is 23.2 Å². The number of carbonyl (C=O) groups is 1. The standard InChI is InChI=1S/C17H14Cl2N2OS/c1-21(10-16-20-14-7-2-3-8-15(14)23-16)17(22)9-11-12(18)5-4-6-13(11)19/h2-8H,9-10H2,1H3. The third-order valence-corrected chi connectivity index (χ3v) is 5.26. The van der Waals surface area contributed by atoms with Crippen LogP contribution in [0.5, 0.6) is 0 Å². The molecule has 1 aromatic heterocycles. The van der Waals surface area contributed by atoms with Gasteiger partial charge in [0.1, 0.15) is 5.01 Å². The Balaban J connectivity index is 1.72. The van der Waals surface area contributed by atoms with E-state index in [2.05, 4.69) is 4.98 Å². The van der Waals surface area contributed by atoms with E-state index in [0.717, 1.165) is 15.2 Å². The molecule has 0 bridgehead atoms. The van der Waals surface area contributed by atoms with Crippen LogP contribution in [0.3, 0.4) is 0 Å². The number of carbonyl (C=O) groups excluding carboxylic acids is 1. The number of halogens is 2. The van der Waals surface area contributed by atoms with Crippen molar-refractivity contribution in [3.05, 3.63) is 63.1 Å². The van der Waals surface area contributed by atoms with Crippen LogP contribution in [-0.2, 0) is 17.8 Å². The van der Waals surface area contributed by atoms with Crippen LogP contribution in [-0.4, -0.2) is 22.8 Å². The molecule has 118 valence electrons. The fourth-order valence-corrected chi connectivity index (χ4v) is 3.82. The van der Waals surface area contributed by atoms with Gasteiger partial charge < -0.3 is 4.90 Å². The predicted octanol–water partition coefficient (Wildman–Crippen LogP) is 4.80. The molecule has 0 aliphatic carbocycles. The first kappa shape index (κ1) is 16.2. The second-order valence-electron chi connectivity index (χ2n) is 5.20. The van der Waals surface area contributed by atoms with Gasteiger partial charge in [-0.15, -0.1) is 11.3 Å². The molecule has 3 rings (SSSR count). The number of aromatic nitrogens is 1. The molecule has 1 heterocycles. The van der Waals surface area contributed by atoms with Gasteiger partial charge in [0.05, 0.1) is 23.2 Å². The van der Waals surface area contributed by atoms with Crippen LogP contribution < -0.4 is 0 Å². The van der Waals surface area contributed by atoms with E-state index >= 15 is 0 Å². The molecule has 0 spiro atoms. The maximum Gasteiger partial charge on any atom is 0.227 e. The first-order chi connectivity index (χ1) is 11.0. The van der Waals surface area contributed by atoms with Crippen molar-refractivity contribution in [2.24, 2.45) is 0 Å². The van der Waals surface area contributed by atoms with Crippen LogP contribution in [0, 0.1) is 0 Å². The monoisotopic (exact) mass is 364 g/mol. The van der Waals surface area contributed by atoms with Crippen LogP contribution in [0.25, 0.3) is 10.2 Å². The van der Waals surface area contributed by atoms with Crippen LogP contribution in [0.2, 0.25) is 10.0 Å². The van der Waals surface area contributed by atoms with Crippen LogP contribution >= 0.6 is 34.5 Å². The van der Waals surface area contributed by atoms with E-state index in [1.54, 1.807) is 41.5 Å². The number of thiazole rings is 1. The molecule has 0 radical (unpaired) electrons. The first-order valence-corrected chi connectivity index (χ1v) is 8.63. The second-order valence-corrected chi connectivity index (χ2v) is 7.13. The Morgan fingerprint density at radius 2 is 1.83 bits per heavy atom. The number of nitrogens with zero attached hydrogens (tertiary/aromatic N) is 2. The minimum absolute atomic E-state index is 0.0424. The number of hydrogen-bond acceptors (Lipinski definition) is 3. The Hall–Kier alpha value is -1.62. The first-order valence-electron chi connectivity index (χ1n) is 7.06. The zero-order chi connectivity index (χ0) is 16.4. The summed E-state index contributed by atoms with van der Waals surface area (Å²) >= 11 is 13.9. The summed E-state index contributed by atoms with van der Waals surface area (Å²) in [5.74, 6) is -0.0424. The lowest BCUT2D eigenvalue weighted by molar-refractivity contribution is -0.129. The summed E-state index contributed by atoms with van der Waals surface area (Å²) in [6, 6.07) is 13.2. The van der Waals surface area contributed by atoms with Crippen molar-refractivity contribution in [2.75, 3.05) is 7.05 Å². The summed E-state index contributed by atoms with van der Waals surface area (Å²) < 4.78 is 1.12. The predicted molar refractivity (Wildman–Crippen MR) is 96.3 cm³/mol. The van der Waals surface area contributed by atoms with Gasteiger partial charge in [-0.3, -0.25) is 4.79 Å². The molecule has 0 fully saturated rings. The van der Waals surface area contributed by atoms with Gasteiger partial charge in [0.25, 0.3) is 0 Å². The van der Waals surface area contributed by atoms with E-state index < -0.39 is 0 Å². The highest BCUT2D eigenvalue weighted by Crippen LogP contribution is 2.26. The Labute approximate surface area is 148 Å². The molecule has 0 N–H and O–H groups in total. The molecule has 0 unspecified atom stereocenters. The largest absolute Gasteiger partial charge is 0.339 e. The average Bonchev–Trinajstić information content (AvgIpc) is 2.93. The van der Waals surface area contributed by atoms with E-state index in [0.29, 0.717) is 22.2 Å². The number of hydrogen-bond donors (Lipinski definition) is 0. The van der Waals surface area contributed by atoms with Crippen molar-refractivity contribution in [1.82, 2.24) is 9.88 Å². The highest BCUT2D eigenvalue weighted by molar-refractivity contribution is 7.18. The summed E-state index contributed by atoms with van der Waals surface area (Å²) in [4.78, 5) is 18.6. The highest BCUT2D eigenvalue weighted by atomic mass is 35.5. The van der Waals surface area contributed by atoms with E-state index in [-0.39, 0.29) is 12.3 Å². The molecular formula is C17H14Cl2N2OS. The van der Waals surface area contributed by atoms with Gasteiger partial charge >= 0.3 is 0 Å². The van der Waals surface area contributed by atoms with Crippen molar-refractivity contribution in [3.63, 3.8) is 0 Å². The molecule has 0 aliphatic heterocycles. The summed E-state index contributed by atoms with van der Waals surface area (Å²) in [6.45, 7) is 0.472. The number of fused-ring (bicyclic) bond motifs is 1. The fraction of sp³-hybridized carbons (Fsp3) is 0.176. The van der Waals surface area contributed by atoms with Gasteiger partial charge in [0, 0.05) is 17.1 Å². The molecule has 3 aromatic rings. The van der Waals surface area contributed by atoms with Crippen LogP contribution in [0.15, 0.2) is 42.5 Å². The molecule has 6 heteroatoms. The summed E-state index contributed by atoms with van der Waals surface area (Å²) in [5.41, 5.74) is 1.62. The third-order valence-electron chi connectivity index (χ3n) is 3.53. The average molecular weight is 365 g/mol. The Morgan fingerprint density at radius 1 is 1.13 bits per heavy atom. The van der Waals surface area contributed by atoms with Crippen LogP contribution in [0.1, 0.15) is 10.6 Å². The molecule has 2 aromatic carbocycles. The Morgan fingerprint density at radius 3 is 2.52 bits per heavy atom. The van der Waals surface area contributed by atoms with E-state index in [1.165, 1.54) is 0 Å². The molecule has 0 saturated heterocycles. The highest BCUT2D eigenvalue weighted by Gasteiger charge is 2.16. The number of rotatable bonds is 4. The van der Waals surface area contributed by atoms with Crippen molar-refractivity contribution in [2.45, 2.75) is 13.0 Å². The lowest BCUT2D eigenvalue weighted by Gasteiger charge is -2.16. The zero-order valence-electron chi connectivity index (χ0n) is 12.4. The lowest BCUT2D eigenvalue weighted by Crippen LogP contribution is -2.27. The maximum atomic E-state index is 12.4. The van der Waals surface area contributed by atoms with Crippen molar-refractivity contribution in [3.8, 4) is 0 Å². The van der Waals surface area contributed by atoms with E-state index in [9.17, 15) is 4.79 Å². The zero-order valence-corrected chi connectivity index (χ0v) is 14.8. The summed E-state index contributed by atoms with van der Waals surface area (Å²) in [5, 5.41) is 1.94. The molecule has 0 aliphatic rings. The summed E-state index contributed by atoms with van der Waals surface area (Å²) in [7, 11) is 1.76. The van der Waals surface area contributed by atoms with Crippen molar-refractivity contribution in [1.29, 1.82) is 0 Å². The van der Waals surface area contributed by atoms with E-state index in [1.807, 2.05) is 24.3 Å². The van der Waals surface area contributed by atoms with Crippen molar-refractivity contribution < 1.29 is 4.79 Å². The number of likely N-dealkylation sites (N-methyl/N-ethyl adjacent to an activating group) is 1. The minimum Gasteiger partial charge on any atom is -0.339 e. The molecule has 23 heavy (non-hydrogen) atoms. The quantitative estimate of drug-likeness (QED) is 0.665. The van der Waals surface area contributed by atoms with Gasteiger partial charge in [-0.05, 0) is 29.8 Å². The normalized spacial score (nSPS) is 10.9. The number of amides is 1. The Bertz CT molecular complexity index is 809. The third kappa shape index (κ3) is 3.66. The second kappa shape index (κ2) is 6.87. The minimum atomic E-state index is -0.0424. The lowest BCUT2D eigenvalue weighted by atomic mass is 10.1. The molecule has 3 nitrogen and oxygen atoms in total. The van der Waals surface area contributed by atoms with Crippen LogP contribution in [0.4, 0.5) is 0 Å². The summed E-state index contributed by atoms with van der Waals surface area (Å²) in [6.07, 6.45) is 0.180. The number of para-hydroxylation sites is 1. The van der Waals surface area contributed by atoms with Gasteiger partial charge in [-0.1, -0.05) is 41.4 Å². The maximum absolute atomic E-state index is 12.4. The van der Waals surface area contributed by atoms with Gasteiger partial charge in [0.15, 0.2) is 0 Å². The molecule has 1 amide bonds. The van der Waals surface area contributed by atoms with Crippen molar-refractivity contribution >= 4 is 50.7 Å². The number of benzene rings is 2. The molecular weight excluding hydrogens is 351 g/mol. The van der Waals surface area contributed by atoms with Gasteiger partial charge in [0.2, 0.25) is 5.91 Å². The molecule has 0 atom stereocenters. The smallest absolute Gasteiger partial charge is 0.227 e. The van der Waals surface area contributed by atoms with Gasteiger partial charge in [-0.2, -0.15) is 0 Å². The van der Waals surface area contributed by atoms with Gasteiger partial charge in [-0.25, -0.2) is 4.98 Å².